The third-order valence-electron chi connectivity index (χ3n) is 3.55. The zero-order chi connectivity index (χ0) is 16.7. The first-order chi connectivity index (χ1) is 10.5. The van der Waals surface area contributed by atoms with E-state index in [1.165, 1.54) is 51.4 Å². The molecule has 0 radical (unpaired) electrons. The summed E-state index contributed by atoms with van der Waals surface area (Å²) in [6.45, 7) is 1.69. The van der Waals surface area contributed by atoms with Gasteiger partial charge in [0.1, 0.15) is 5.75 Å². The molecule has 0 atom stereocenters. The van der Waals surface area contributed by atoms with Crippen LogP contribution in [-0.2, 0) is 19.1 Å². The Morgan fingerprint density at radius 3 is 1.74 bits per heavy atom. The number of unbranched alkanes of at least 4 members (excludes halogenated alkanes) is 10. The molecule has 23 heavy (non-hydrogen) atoms. The van der Waals surface area contributed by atoms with Gasteiger partial charge in [-0.2, -0.15) is 8.42 Å². The molecule has 0 amide bonds. The van der Waals surface area contributed by atoms with Gasteiger partial charge >= 0.3 is 67.5 Å². The molecule has 0 saturated heterocycles. The molecule has 0 aliphatic heterocycles. The standard InChI is InChI=1S/C16H32O5S.K.H/c1-2-3-4-5-6-7-8-9-10-11-12-13-16(18)21-22(19,20)15-14-17;;/h17H,2-15H2,1H3;;. The molecular formula is C16H33KO5S. The zero-order valence-corrected chi connectivity index (χ0v) is 14.7. The van der Waals surface area contributed by atoms with E-state index in [0.29, 0.717) is 6.42 Å². The summed E-state index contributed by atoms with van der Waals surface area (Å²) in [5.74, 6) is -1.25. The monoisotopic (exact) mass is 376 g/mol. The van der Waals surface area contributed by atoms with Crippen LogP contribution in [0, 0.1) is 0 Å². The van der Waals surface area contributed by atoms with Gasteiger partial charge in [0.15, 0.2) is 0 Å². The van der Waals surface area contributed by atoms with Gasteiger partial charge in [-0.25, -0.2) is 0 Å². The van der Waals surface area contributed by atoms with Gasteiger partial charge in [0.2, 0.25) is 0 Å². The van der Waals surface area contributed by atoms with Crippen LogP contribution in [0.2, 0.25) is 0 Å². The molecule has 0 aliphatic rings. The molecule has 134 valence electrons. The maximum absolute atomic E-state index is 11.3. The van der Waals surface area contributed by atoms with Gasteiger partial charge in [-0.05, 0) is 6.42 Å². The van der Waals surface area contributed by atoms with Crippen molar-refractivity contribution in [2.75, 3.05) is 12.4 Å². The van der Waals surface area contributed by atoms with Crippen LogP contribution in [0.15, 0.2) is 0 Å². The number of carbonyl (C=O) groups excluding carboxylic acids is 1. The fourth-order valence-electron chi connectivity index (χ4n) is 2.27. The summed E-state index contributed by atoms with van der Waals surface area (Å²) < 4.78 is 26.6. The van der Waals surface area contributed by atoms with Crippen molar-refractivity contribution in [3.63, 3.8) is 0 Å². The van der Waals surface area contributed by atoms with E-state index in [4.69, 9.17) is 5.11 Å². The second-order valence-electron chi connectivity index (χ2n) is 5.73. The third kappa shape index (κ3) is 19.2. The molecule has 0 spiro atoms. The summed E-state index contributed by atoms with van der Waals surface area (Å²) in [4.78, 5) is 11.3. The number of hydrogen-bond donors (Lipinski definition) is 1. The van der Waals surface area contributed by atoms with Crippen molar-refractivity contribution >= 4 is 67.5 Å². The zero-order valence-electron chi connectivity index (χ0n) is 13.9. The molecular weight excluding hydrogens is 343 g/mol. The average Bonchev–Trinajstić information content (AvgIpc) is 2.44. The van der Waals surface area contributed by atoms with E-state index in [1.54, 1.807) is 0 Å². The molecule has 0 unspecified atom stereocenters. The second-order valence-corrected chi connectivity index (χ2v) is 7.42. The summed E-state index contributed by atoms with van der Waals surface area (Å²) in [7, 11) is -3.89. The Kier molecular flexibility index (Phi) is 20.3. The molecule has 1 N–H and O–H groups in total. The summed E-state index contributed by atoms with van der Waals surface area (Å²) in [5, 5.41) is 8.52. The van der Waals surface area contributed by atoms with Crippen LogP contribution in [0.25, 0.3) is 0 Å². The van der Waals surface area contributed by atoms with E-state index < -0.39 is 28.4 Å². The van der Waals surface area contributed by atoms with E-state index >= 15 is 0 Å². The molecule has 0 aliphatic carbocycles. The van der Waals surface area contributed by atoms with Gasteiger partial charge < -0.3 is 9.29 Å². The van der Waals surface area contributed by atoms with Crippen molar-refractivity contribution in [1.82, 2.24) is 0 Å². The predicted octanol–water partition coefficient (Wildman–Crippen LogP) is 2.90. The Balaban J connectivity index is 0. The third-order valence-corrected chi connectivity index (χ3v) is 4.67. The van der Waals surface area contributed by atoms with Crippen LogP contribution in [0.5, 0.6) is 0 Å². The van der Waals surface area contributed by atoms with E-state index in [-0.39, 0.29) is 57.8 Å². The topological polar surface area (TPSA) is 80.7 Å². The Morgan fingerprint density at radius 1 is 0.870 bits per heavy atom. The van der Waals surface area contributed by atoms with E-state index in [9.17, 15) is 13.2 Å². The van der Waals surface area contributed by atoms with E-state index in [1.807, 2.05) is 0 Å². The molecule has 0 aromatic rings. The van der Waals surface area contributed by atoms with Crippen molar-refractivity contribution in [1.29, 1.82) is 0 Å². The molecule has 0 aromatic heterocycles. The van der Waals surface area contributed by atoms with Gasteiger partial charge in [-0.3, -0.25) is 4.79 Å². The summed E-state index contributed by atoms with van der Waals surface area (Å²) in [6.07, 6.45) is 13.1. The Morgan fingerprint density at radius 2 is 1.30 bits per heavy atom. The number of aliphatic hydroxyl groups excluding tert-OH is 1. The molecule has 0 bridgehead atoms. The molecule has 0 fully saturated rings. The van der Waals surface area contributed by atoms with Gasteiger partial charge in [0, 0.05) is 6.42 Å². The van der Waals surface area contributed by atoms with Crippen LogP contribution < -0.4 is 0 Å². The van der Waals surface area contributed by atoms with E-state index in [2.05, 4.69) is 11.1 Å². The normalized spacial score (nSPS) is 11.0. The van der Waals surface area contributed by atoms with E-state index in [0.717, 1.165) is 12.8 Å². The molecule has 7 heteroatoms. The number of hydrogen-bond acceptors (Lipinski definition) is 5. The number of aliphatic hydroxyl groups is 1. The first kappa shape index (κ1) is 26.2. The SMILES string of the molecule is CCCCCCCCCCCCCC(=O)OS(=O)(=O)CCO.[KH]. The van der Waals surface area contributed by atoms with Crippen molar-refractivity contribution in [2.45, 2.75) is 84.0 Å². The van der Waals surface area contributed by atoms with Crippen LogP contribution in [0.1, 0.15) is 84.0 Å². The molecule has 5 nitrogen and oxygen atoms in total. The first-order valence-corrected chi connectivity index (χ1v) is 10.2. The van der Waals surface area contributed by atoms with Crippen LogP contribution in [0.3, 0.4) is 0 Å². The second kappa shape index (κ2) is 17.8. The Labute approximate surface area is 184 Å². The number of rotatable bonds is 15. The van der Waals surface area contributed by atoms with Gasteiger partial charge in [0.25, 0.3) is 0 Å². The summed E-state index contributed by atoms with van der Waals surface area (Å²) in [5.41, 5.74) is 0. The summed E-state index contributed by atoms with van der Waals surface area (Å²) in [6, 6.07) is 0. The minimum atomic E-state index is -3.89. The van der Waals surface area contributed by atoms with Crippen LogP contribution in [0.4, 0.5) is 0 Å². The van der Waals surface area contributed by atoms with Crippen molar-refractivity contribution in [3.05, 3.63) is 0 Å². The minimum absolute atomic E-state index is 0. The maximum atomic E-state index is 11.3. The van der Waals surface area contributed by atoms with Gasteiger partial charge in [-0.15, -0.1) is 0 Å². The first-order valence-electron chi connectivity index (χ1n) is 8.57. The van der Waals surface area contributed by atoms with Crippen molar-refractivity contribution in [3.8, 4) is 0 Å². The molecule has 0 rings (SSSR count). The molecule has 0 saturated carbocycles. The Hall–Kier alpha value is 1.02. The Bertz CT molecular complexity index is 371. The van der Waals surface area contributed by atoms with Crippen molar-refractivity contribution < 1.29 is 22.5 Å². The summed E-state index contributed by atoms with van der Waals surface area (Å²) >= 11 is 0. The van der Waals surface area contributed by atoms with Crippen molar-refractivity contribution in [2.24, 2.45) is 0 Å². The van der Waals surface area contributed by atoms with Gasteiger partial charge in [-0.1, -0.05) is 71.1 Å². The quantitative estimate of drug-likeness (QED) is 0.270. The number of carbonyl (C=O) groups is 1. The average molecular weight is 377 g/mol. The molecule has 0 aromatic carbocycles. The van der Waals surface area contributed by atoms with Gasteiger partial charge in [0.05, 0.1) is 6.61 Å². The molecule has 0 heterocycles. The fraction of sp³-hybridized carbons (Fsp3) is 0.938. The predicted molar refractivity (Wildman–Crippen MR) is 95.2 cm³/mol. The fourth-order valence-corrected chi connectivity index (χ4v) is 2.94. The van der Waals surface area contributed by atoms with Crippen LogP contribution in [-0.4, -0.2) is 83.2 Å². The van der Waals surface area contributed by atoms with Crippen LogP contribution >= 0.6 is 0 Å².